The van der Waals surface area contributed by atoms with Gasteiger partial charge in [0.25, 0.3) is 0 Å². The van der Waals surface area contributed by atoms with Crippen molar-refractivity contribution in [1.29, 1.82) is 0 Å². The molecule has 20 heavy (non-hydrogen) atoms. The van der Waals surface area contributed by atoms with E-state index in [4.69, 9.17) is 16.1 Å². The normalized spacial score (nSPS) is 10.7. The van der Waals surface area contributed by atoms with Crippen molar-refractivity contribution in [3.63, 3.8) is 0 Å². The van der Waals surface area contributed by atoms with Gasteiger partial charge in [-0.2, -0.15) is 0 Å². The SMILES string of the molecule is Cc1ccc(O)c(-c2cc(-c3ccccc3Cl)no2)c1. The molecule has 100 valence electrons. The van der Waals surface area contributed by atoms with E-state index in [0.29, 0.717) is 22.0 Å². The molecule has 0 spiro atoms. The average Bonchev–Trinajstić information content (AvgIpc) is 2.91. The molecule has 1 aromatic heterocycles. The number of rotatable bonds is 2. The minimum atomic E-state index is 0.164. The summed E-state index contributed by atoms with van der Waals surface area (Å²) < 4.78 is 5.33. The number of halogens is 1. The number of nitrogens with zero attached hydrogens (tertiary/aromatic N) is 1. The smallest absolute Gasteiger partial charge is 0.171 e. The topological polar surface area (TPSA) is 46.3 Å². The van der Waals surface area contributed by atoms with E-state index in [-0.39, 0.29) is 5.75 Å². The highest BCUT2D eigenvalue weighted by Gasteiger charge is 2.13. The molecule has 4 heteroatoms. The van der Waals surface area contributed by atoms with Crippen LogP contribution in [0.2, 0.25) is 5.02 Å². The van der Waals surface area contributed by atoms with Crippen LogP contribution in [0, 0.1) is 6.92 Å². The molecule has 1 N–H and O–H groups in total. The molecule has 0 saturated heterocycles. The molecule has 0 aliphatic heterocycles. The second-order valence-electron chi connectivity index (χ2n) is 4.58. The first kappa shape index (κ1) is 12.8. The molecular formula is C16H12ClNO2. The van der Waals surface area contributed by atoms with Crippen LogP contribution in [0.4, 0.5) is 0 Å². The lowest BCUT2D eigenvalue weighted by molar-refractivity contribution is 0.428. The molecule has 1 heterocycles. The van der Waals surface area contributed by atoms with Gasteiger partial charge in [0.1, 0.15) is 11.4 Å². The molecule has 3 nitrogen and oxygen atoms in total. The van der Waals surface area contributed by atoms with Crippen LogP contribution in [0.25, 0.3) is 22.6 Å². The lowest BCUT2D eigenvalue weighted by Crippen LogP contribution is -1.79. The van der Waals surface area contributed by atoms with Crippen molar-refractivity contribution in [3.8, 4) is 28.3 Å². The van der Waals surface area contributed by atoms with Gasteiger partial charge in [0.15, 0.2) is 5.76 Å². The minimum absolute atomic E-state index is 0.164. The molecule has 0 aliphatic rings. The molecule has 0 amide bonds. The number of aromatic nitrogens is 1. The number of hydrogen-bond acceptors (Lipinski definition) is 3. The van der Waals surface area contributed by atoms with Gasteiger partial charge in [-0.15, -0.1) is 0 Å². The zero-order chi connectivity index (χ0) is 14.1. The van der Waals surface area contributed by atoms with E-state index < -0.39 is 0 Å². The standard InChI is InChI=1S/C16H12ClNO2/c1-10-6-7-15(19)12(8-10)16-9-14(18-20-16)11-4-2-3-5-13(11)17/h2-9,19H,1H3. The predicted octanol–water partition coefficient (Wildman–Crippen LogP) is 4.68. The molecule has 0 radical (unpaired) electrons. The van der Waals surface area contributed by atoms with Crippen LogP contribution in [0.1, 0.15) is 5.56 Å². The highest BCUT2D eigenvalue weighted by molar-refractivity contribution is 6.33. The molecule has 0 saturated carbocycles. The largest absolute Gasteiger partial charge is 0.507 e. The summed E-state index contributed by atoms with van der Waals surface area (Å²) in [6, 6.07) is 14.5. The van der Waals surface area contributed by atoms with Gasteiger partial charge in [0.05, 0.1) is 10.6 Å². The van der Waals surface area contributed by atoms with Crippen LogP contribution >= 0.6 is 11.6 Å². The third-order valence-corrected chi connectivity index (χ3v) is 3.41. The number of phenolic OH excluding ortho intramolecular Hbond substituents is 1. The highest BCUT2D eigenvalue weighted by atomic mass is 35.5. The first-order valence-electron chi connectivity index (χ1n) is 6.17. The number of phenols is 1. The van der Waals surface area contributed by atoms with Crippen molar-refractivity contribution in [1.82, 2.24) is 5.16 Å². The van der Waals surface area contributed by atoms with Crippen molar-refractivity contribution in [2.75, 3.05) is 0 Å². The van der Waals surface area contributed by atoms with Gasteiger partial charge >= 0.3 is 0 Å². The zero-order valence-corrected chi connectivity index (χ0v) is 11.6. The zero-order valence-electron chi connectivity index (χ0n) is 10.8. The van der Waals surface area contributed by atoms with E-state index >= 15 is 0 Å². The summed E-state index contributed by atoms with van der Waals surface area (Å²) >= 11 is 6.14. The summed E-state index contributed by atoms with van der Waals surface area (Å²) in [7, 11) is 0. The highest BCUT2D eigenvalue weighted by Crippen LogP contribution is 2.34. The van der Waals surface area contributed by atoms with E-state index in [0.717, 1.165) is 11.1 Å². The van der Waals surface area contributed by atoms with Gasteiger partial charge in [-0.05, 0) is 25.1 Å². The molecule has 2 aromatic carbocycles. The molecule has 0 atom stereocenters. The predicted molar refractivity (Wildman–Crippen MR) is 78.8 cm³/mol. The fourth-order valence-electron chi connectivity index (χ4n) is 2.05. The summed E-state index contributed by atoms with van der Waals surface area (Å²) in [5.74, 6) is 0.679. The van der Waals surface area contributed by atoms with Crippen LogP contribution in [-0.2, 0) is 0 Å². The van der Waals surface area contributed by atoms with E-state index in [2.05, 4.69) is 5.16 Å². The quantitative estimate of drug-likeness (QED) is 0.744. The van der Waals surface area contributed by atoms with Gasteiger partial charge in [-0.1, -0.05) is 46.6 Å². The van der Waals surface area contributed by atoms with Crippen LogP contribution < -0.4 is 0 Å². The fraction of sp³-hybridized carbons (Fsp3) is 0.0625. The molecule has 3 aromatic rings. The third kappa shape index (κ3) is 2.28. The summed E-state index contributed by atoms with van der Waals surface area (Å²) in [6.45, 7) is 1.95. The maximum Gasteiger partial charge on any atom is 0.171 e. The lowest BCUT2D eigenvalue weighted by Gasteiger charge is -2.01. The van der Waals surface area contributed by atoms with Crippen LogP contribution in [0.3, 0.4) is 0 Å². The van der Waals surface area contributed by atoms with Gasteiger partial charge in [0.2, 0.25) is 0 Å². The molecule has 0 unspecified atom stereocenters. The first-order valence-corrected chi connectivity index (χ1v) is 6.54. The summed E-state index contributed by atoms with van der Waals surface area (Å²) in [6.07, 6.45) is 0. The number of aromatic hydroxyl groups is 1. The van der Waals surface area contributed by atoms with E-state index in [9.17, 15) is 5.11 Å². The fourth-order valence-corrected chi connectivity index (χ4v) is 2.28. The van der Waals surface area contributed by atoms with Crippen molar-refractivity contribution < 1.29 is 9.63 Å². The van der Waals surface area contributed by atoms with E-state index in [1.807, 2.05) is 37.3 Å². The monoisotopic (exact) mass is 285 g/mol. The summed E-state index contributed by atoms with van der Waals surface area (Å²) in [5.41, 5.74) is 3.10. The Hall–Kier alpha value is -2.26. The number of aryl methyl sites for hydroxylation is 1. The van der Waals surface area contributed by atoms with Gasteiger partial charge in [-0.25, -0.2) is 0 Å². The third-order valence-electron chi connectivity index (χ3n) is 3.08. The Labute approximate surface area is 121 Å². The first-order chi connectivity index (χ1) is 9.65. The Morgan fingerprint density at radius 2 is 1.85 bits per heavy atom. The lowest BCUT2D eigenvalue weighted by atomic mass is 10.1. The van der Waals surface area contributed by atoms with Crippen molar-refractivity contribution in [2.24, 2.45) is 0 Å². The van der Waals surface area contributed by atoms with Gasteiger partial charge in [0, 0.05) is 11.6 Å². The molecule has 0 fully saturated rings. The second kappa shape index (κ2) is 5.02. The van der Waals surface area contributed by atoms with Crippen molar-refractivity contribution >= 4 is 11.6 Å². The number of hydrogen-bond donors (Lipinski definition) is 1. The van der Waals surface area contributed by atoms with Crippen LogP contribution in [0.5, 0.6) is 5.75 Å². The van der Waals surface area contributed by atoms with E-state index in [1.54, 1.807) is 18.2 Å². The maximum atomic E-state index is 9.91. The Morgan fingerprint density at radius 1 is 1.05 bits per heavy atom. The van der Waals surface area contributed by atoms with Gasteiger partial charge in [-0.3, -0.25) is 0 Å². The summed E-state index contributed by atoms with van der Waals surface area (Å²) in [4.78, 5) is 0. The summed E-state index contributed by atoms with van der Waals surface area (Å²) in [5, 5.41) is 14.5. The molecule has 0 aliphatic carbocycles. The minimum Gasteiger partial charge on any atom is -0.507 e. The maximum absolute atomic E-state index is 9.91. The molecule has 3 rings (SSSR count). The average molecular weight is 286 g/mol. The number of benzene rings is 2. The molecule has 0 bridgehead atoms. The Balaban J connectivity index is 2.07. The van der Waals surface area contributed by atoms with Crippen molar-refractivity contribution in [2.45, 2.75) is 6.92 Å². The molecular weight excluding hydrogens is 274 g/mol. The second-order valence-corrected chi connectivity index (χ2v) is 4.98. The van der Waals surface area contributed by atoms with Crippen LogP contribution in [0.15, 0.2) is 53.1 Å². The Kier molecular flexibility index (Phi) is 3.20. The van der Waals surface area contributed by atoms with Crippen molar-refractivity contribution in [3.05, 3.63) is 59.1 Å². The van der Waals surface area contributed by atoms with Gasteiger partial charge < -0.3 is 9.63 Å². The van der Waals surface area contributed by atoms with E-state index in [1.165, 1.54) is 0 Å². The Morgan fingerprint density at radius 3 is 2.65 bits per heavy atom. The Bertz CT molecular complexity index is 765. The van der Waals surface area contributed by atoms with Crippen LogP contribution in [-0.4, -0.2) is 10.3 Å².